The van der Waals surface area contributed by atoms with Crippen molar-refractivity contribution >= 4 is 0 Å². The molecule has 1 unspecified atom stereocenters. The molecule has 1 fully saturated rings. The Morgan fingerprint density at radius 1 is 1.44 bits per heavy atom. The molecule has 0 heterocycles. The summed E-state index contributed by atoms with van der Waals surface area (Å²) in [6.45, 7) is 5.42. The van der Waals surface area contributed by atoms with Crippen LogP contribution in [0.4, 0.5) is 0 Å². The lowest BCUT2D eigenvalue weighted by Crippen LogP contribution is -2.33. The summed E-state index contributed by atoms with van der Waals surface area (Å²) in [5.41, 5.74) is 7.45. The molecule has 1 aromatic carbocycles. The molecular weight excluding hydrogens is 224 g/mol. The highest BCUT2D eigenvalue weighted by Gasteiger charge is 2.24. The predicted octanol–water partition coefficient (Wildman–Crippen LogP) is 2.43. The summed E-state index contributed by atoms with van der Waals surface area (Å²) in [5.74, 6) is 1.80. The maximum absolute atomic E-state index is 6.29. The minimum atomic E-state index is 0.0683. The summed E-state index contributed by atoms with van der Waals surface area (Å²) in [4.78, 5) is 2.46. The molecule has 0 saturated heterocycles. The smallest absolute Gasteiger partial charge is 0.119 e. The molecule has 1 aliphatic carbocycles. The van der Waals surface area contributed by atoms with Crippen LogP contribution in [0.5, 0.6) is 5.75 Å². The first-order valence-corrected chi connectivity index (χ1v) is 6.84. The maximum atomic E-state index is 6.29. The van der Waals surface area contributed by atoms with Gasteiger partial charge in [-0.25, -0.2) is 0 Å². The van der Waals surface area contributed by atoms with E-state index in [1.54, 1.807) is 7.11 Å². The van der Waals surface area contributed by atoms with Crippen molar-refractivity contribution in [3.8, 4) is 5.75 Å². The van der Waals surface area contributed by atoms with E-state index in [0.29, 0.717) is 0 Å². The largest absolute Gasteiger partial charge is 0.497 e. The molecule has 3 nitrogen and oxygen atoms in total. The second-order valence-electron chi connectivity index (χ2n) is 5.18. The van der Waals surface area contributed by atoms with Crippen molar-refractivity contribution in [2.75, 3.05) is 26.7 Å². The Hall–Kier alpha value is -1.06. The zero-order valence-corrected chi connectivity index (χ0v) is 11.4. The average molecular weight is 248 g/mol. The van der Waals surface area contributed by atoms with E-state index >= 15 is 0 Å². The molecule has 3 heteroatoms. The minimum Gasteiger partial charge on any atom is -0.497 e. The fraction of sp³-hybridized carbons (Fsp3) is 0.600. The van der Waals surface area contributed by atoms with E-state index in [1.165, 1.54) is 19.4 Å². The van der Waals surface area contributed by atoms with Gasteiger partial charge in [-0.1, -0.05) is 19.1 Å². The Labute approximate surface area is 110 Å². The van der Waals surface area contributed by atoms with E-state index in [4.69, 9.17) is 10.5 Å². The quantitative estimate of drug-likeness (QED) is 0.805. The molecule has 0 spiro atoms. The lowest BCUT2D eigenvalue weighted by atomic mass is 10.1. The van der Waals surface area contributed by atoms with Crippen LogP contribution >= 0.6 is 0 Å². The van der Waals surface area contributed by atoms with Crippen molar-refractivity contribution in [3.63, 3.8) is 0 Å². The van der Waals surface area contributed by atoms with Gasteiger partial charge in [0.25, 0.3) is 0 Å². The SMILES string of the molecule is CCN(CC1CC1)CC(N)c1cccc(OC)c1. The molecule has 1 aliphatic rings. The van der Waals surface area contributed by atoms with Gasteiger partial charge in [0, 0.05) is 19.1 Å². The van der Waals surface area contributed by atoms with Crippen molar-refractivity contribution in [3.05, 3.63) is 29.8 Å². The number of rotatable bonds is 7. The number of likely N-dealkylation sites (N-methyl/N-ethyl adjacent to an activating group) is 1. The number of methoxy groups -OCH3 is 1. The molecule has 0 radical (unpaired) electrons. The number of benzene rings is 1. The first-order chi connectivity index (χ1) is 8.72. The molecule has 18 heavy (non-hydrogen) atoms. The van der Waals surface area contributed by atoms with E-state index < -0.39 is 0 Å². The number of nitrogens with zero attached hydrogens (tertiary/aromatic N) is 1. The molecule has 100 valence electrons. The molecule has 2 N–H and O–H groups in total. The van der Waals surface area contributed by atoms with Gasteiger partial charge in [-0.3, -0.25) is 0 Å². The Kier molecular flexibility index (Phi) is 4.61. The fourth-order valence-corrected chi connectivity index (χ4v) is 2.25. The van der Waals surface area contributed by atoms with Crippen molar-refractivity contribution in [1.29, 1.82) is 0 Å². The predicted molar refractivity (Wildman–Crippen MR) is 74.8 cm³/mol. The van der Waals surface area contributed by atoms with Crippen LogP contribution in [0.15, 0.2) is 24.3 Å². The third-order valence-electron chi connectivity index (χ3n) is 3.64. The maximum Gasteiger partial charge on any atom is 0.119 e. The van der Waals surface area contributed by atoms with Crippen molar-refractivity contribution in [1.82, 2.24) is 4.90 Å². The van der Waals surface area contributed by atoms with Gasteiger partial charge >= 0.3 is 0 Å². The van der Waals surface area contributed by atoms with Gasteiger partial charge < -0.3 is 15.4 Å². The highest BCUT2D eigenvalue weighted by molar-refractivity contribution is 5.30. The lowest BCUT2D eigenvalue weighted by molar-refractivity contribution is 0.260. The van der Waals surface area contributed by atoms with E-state index in [9.17, 15) is 0 Å². The van der Waals surface area contributed by atoms with Gasteiger partial charge in [0.2, 0.25) is 0 Å². The minimum absolute atomic E-state index is 0.0683. The molecule has 0 aromatic heterocycles. The Balaban J connectivity index is 1.93. The molecule has 1 atom stereocenters. The standard InChI is InChI=1S/C15H24N2O/c1-3-17(10-12-7-8-12)11-15(16)13-5-4-6-14(9-13)18-2/h4-6,9,12,15H,3,7-8,10-11,16H2,1-2H3. The van der Waals surface area contributed by atoms with E-state index in [-0.39, 0.29) is 6.04 Å². The van der Waals surface area contributed by atoms with Gasteiger partial charge in [0.15, 0.2) is 0 Å². The third kappa shape index (κ3) is 3.72. The van der Waals surface area contributed by atoms with Crippen molar-refractivity contribution in [2.45, 2.75) is 25.8 Å². The Morgan fingerprint density at radius 3 is 2.83 bits per heavy atom. The molecule has 0 aliphatic heterocycles. The molecular formula is C15H24N2O. The zero-order chi connectivity index (χ0) is 13.0. The fourth-order valence-electron chi connectivity index (χ4n) is 2.25. The third-order valence-corrected chi connectivity index (χ3v) is 3.64. The van der Waals surface area contributed by atoms with Crippen molar-refractivity contribution in [2.24, 2.45) is 11.7 Å². The van der Waals surface area contributed by atoms with Crippen LogP contribution in [0.1, 0.15) is 31.4 Å². The highest BCUT2D eigenvalue weighted by atomic mass is 16.5. The van der Waals surface area contributed by atoms with Crippen LogP contribution in [-0.4, -0.2) is 31.6 Å². The number of ether oxygens (including phenoxy) is 1. The second kappa shape index (κ2) is 6.21. The summed E-state index contributed by atoms with van der Waals surface area (Å²) in [6.07, 6.45) is 2.79. The monoisotopic (exact) mass is 248 g/mol. The van der Waals surface area contributed by atoms with Crippen LogP contribution < -0.4 is 10.5 Å². The molecule has 0 bridgehead atoms. The number of hydrogen-bond donors (Lipinski definition) is 1. The van der Waals surface area contributed by atoms with Crippen LogP contribution in [0.25, 0.3) is 0 Å². The molecule has 1 saturated carbocycles. The van der Waals surface area contributed by atoms with E-state index in [0.717, 1.165) is 30.3 Å². The van der Waals surface area contributed by atoms with Crippen LogP contribution in [0, 0.1) is 5.92 Å². The second-order valence-corrected chi connectivity index (χ2v) is 5.18. The lowest BCUT2D eigenvalue weighted by Gasteiger charge is -2.24. The summed E-state index contributed by atoms with van der Waals surface area (Å²) in [7, 11) is 1.69. The van der Waals surface area contributed by atoms with E-state index in [1.807, 2.05) is 18.2 Å². The van der Waals surface area contributed by atoms with Crippen LogP contribution in [-0.2, 0) is 0 Å². The zero-order valence-electron chi connectivity index (χ0n) is 11.4. The van der Waals surface area contributed by atoms with Gasteiger partial charge in [-0.15, -0.1) is 0 Å². The first-order valence-electron chi connectivity index (χ1n) is 6.84. The summed E-state index contributed by atoms with van der Waals surface area (Å²) in [6, 6.07) is 8.15. The topological polar surface area (TPSA) is 38.5 Å². The highest BCUT2D eigenvalue weighted by Crippen LogP contribution is 2.30. The summed E-state index contributed by atoms with van der Waals surface area (Å²) < 4.78 is 5.24. The first kappa shape index (κ1) is 13.4. The summed E-state index contributed by atoms with van der Waals surface area (Å²) >= 11 is 0. The van der Waals surface area contributed by atoms with Crippen LogP contribution in [0.3, 0.4) is 0 Å². The van der Waals surface area contributed by atoms with Gasteiger partial charge in [0.05, 0.1) is 7.11 Å². The van der Waals surface area contributed by atoms with Crippen molar-refractivity contribution < 1.29 is 4.74 Å². The van der Waals surface area contributed by atoms with Crippen LogP contribution in [0.2, 0.25) is 0 Å². The van der Waals surface area contributed by atoms with Gasteiger partial charge in [-0.05, 0) is 43.0 Å². The number of hydrogen-bond acceptors (Lipinski definition) is 3. The number of nitrogens with two attached hydrogens (primary N) is 1. The average Bonchev–Trinajstić information content (AvgIpc) is 3.21. The van der Waals surface area contributed by atoms with Gasteiger partial charge in [0.1, 0.15) is 5.75 Å². The van der Waals surface area contributed by atoms with Gasteiger partial charge in [-0.2, -0.15) is 0 Å². The Morgan fingerprint density at radius 2 is 2.22 bits per heavy atom. The molecule has 1 aromatic rings. The Bertz CT molecular complexity index is 377. The normalized spacial score (nSPS) is 16.9. The summed E-state index contributed by atoms with van der Waals surface area (Å²) in [5, 5.41) is 0. The van der Waals surface area contributed by atoms with E-state index in [2.05, 4.69) is 17.9 Å². The molecule has 0 amide bonds. The molecule has 2 rings (SSSR count).